The Morgan fingerprint density at radius 3 is 1.38 bits per heavy atom. The van der Waals surface area contributed by atoms with Gasteiger partial charge < -0.3 is 19.7 Å². The molecule has 0 aliphatic rings. The molecule has 7 nitrogen and oxygen atoms in total. The number of ether oxygens (including phenoxy) is 2. The third-order valence-corrected chi connectivity index (χ3v) is 11.9. The lowest BCUT2D eigenvalue weighted by Gasteiger charge is -2.19. The first-order valence-electron chi connectivity index (χ1n) is 23.8. The molecule has 0 spiro atoms. The van der Waals surface area contributed by atoms with E-state index in [4.69, 9.17) is 24.4 Å². The number of unbranched alkanes of at least 4 members (excludes halogenated alkanes) is 15. The largest absolute Gasteiger partial charge is 0.504 e. The van der Waals surface area contributed by atoms with Crippen LogP contribution in [0.4, 0.5) is 0 Å². The molecule has 7 heteroatoms. The van der Waals surface area contributed by atoms with Gasteiger partial charge in [-0.05, 0) is 76.6 Å². The van der Waals surface area contributed by atoms with Gasteiger partial charge in [0.25, 0.3) is 0 Å². The molecule has 2 N–H and O–H groups in total. The summed E-state index contributed by atoms with van der Waals surface area (Å²) in [5, 5.41) is 22.1. The smallest absolute Gasteiger partial charge is 0.204 e. The summed E-state index contributed by atoms with van der Waals surface area (Å²) in [6.07, 6.45) is 27.0. The summed E-state index contributed by atoms with van der Waals surface area (Å²) >= 11 is 0. The number of hydrogen-bond acceptors (Lipinski definition) is 7. The van der Waals surface area contributed by atoms with Gasteiger partial charge in [0.05, 0.1) is 18.3 Å². The lowest BCUT2D eigenvalue weighted by atomic mass is 9.90. The third kappa shape index (κ3) is 16.5. The van der Waals surface area contributed by atoms with E-state index in [2.05, 4.69) is 65.8 Å². The van der Waals surface area contributed by atoms with Gasteiger partial charge in [-0.15, -0.1) is 0 Å². The van der Waals surface area contributed by atoms with E-state index in [1.807, 2.05) is 18.2 Å². The minimum absolute atomic E-state index is 0.00553. The SMILES string of the molecule is CCCCCCCCCCCCC(CCCCCCCCC)CCCOc1ccc(-c2nc(-c3ccc(C)cc3C)nc(-c3ccc(C)cc3C)n2)c(O)c1OCC(C)O. The summed E-state index contributed by atoms with van der Waals surface area (Å²) in [5.41, 5.74) is 6.64. The second-order valence-corrected chi connectivity index (χ2v) is 17.6. The number of rotatable bonds is 30. The van der Waals surface area contributed by atoms with Crippen LogP contribution in [-0.4, -0.2) is 44.5 Å². The zero-order valence-electron chi connectivity index (χ0n) is 38.6. The first kappa shape index (κ1) is 48.7. The van der Waals surface area contributed by atoms with Gasteiger partial charge >= 0.3 is 0 Å². The minimum atomic E-state index is -0.733. The van der Waals surface area contributed by atoms with Crippen molar-refractivity contribution >= 4 is 0 Å². The Bertz CT molecular complexity index is 1770. The molecule has 3 aromatic carbocycles. The van der Waals surface area contributed by atoms with E-state index in [0.29, 0.717) is 41.3 Å². The van der Waals surface area contributed by atoms with Crippen molar-refractivity contribution < 1.29 is 19.7 Å². The van der Waals surface area contributed by atoms with Gasteiger partial charge in [-0.1, -0.05) is 183 Å². The van der Waals surface area contributed by atoms with Gasteiger partial charge in [0, 0.05) is 11.1 Å². The predicted octanol–water partition coefficient (Wildman–Crippen LogP) is 14.8. The van der Waals surface area contributed by atoms with Crippen molar-refractivity contribution in [2.24, 2.45) is 5.92 Å². The van der Waals surface area contributed by atoms with Crippen molar-refractivity contribution in [2.75, 3.05) is 13.2 Å². The molecular formula is C53H79N3O4. The van der Waals surface area contributed by atoms with Crippen molar-refractivity contribution in [2.45, 2.75) is 189 Å². The van der Waals surface area contributed by atoms with Gasteiger partial charge in [0.2, 0.25) is 5.75 Å². The first-order chi connectivity index (χ1) is 29.1. The second kappa shape index (κ2) is 27.1. The van der Waals surface area contributed by atoms with Crippen LogP contribution < -0.4 is 9.47 Å². The maximum Gasteiger partial charge on any atom is 0.204 e. The fourth-order valence-corrected chi connectivity index (χ4v) is 8.35. The van der Waals surface area contributed by atoms with Crippen LogP contribution in [0.1, 0.15) is 178 Å². The van der Waals surface area contributed by atoms with Crippen LogP contribution >= 0.6 is 0 Å². The highest BCUT2D eigenvalue weighted by atomic mass is 16.5. The molecule has 2 unspecified atom stereocenters. The van der Waals surface area contributed by atoms with Gasteiger partial charge in [-0.2, -0.15) is 0 Å². The quantitative estimate of drug-likeness (QED) is 0.0506. The molecular weight excluding hydrogens is 743 g/mol. The summed E-state index contributed by atoms with van der Waals surface area (Å²) in [6.45, 7) is 15.0. The summed E-state index contributed by atoms with van der Waals surface area (Å²) in [7, 11) is 0. The van der Waals surface area contributed by atoms with Gasteiger partial charge in [0.1, 0.15) is 6.61 Å². The van der Waals surface area contributed by atoms with E-state index < -0.39 is 6.10 Å². The topological polar surface area (TPSA) is 97.6 Å². The number of aryl methyl sites for hydroxylation is 4. The molecule has 0 radical (unpaired) electrons. The Balaban J connectivity index is 1.49. The third-order valence-electron chi connectivity index (χ3n) is 11.9. The van der Waals surface area contributed by atoms with Crippen LogP contribution in [0.15, 0.2) is 48.5 Å². The van der Waals surface area contributed by atoms with Gasteiger partial charge in [0.15, 0.2) is 29.0 Å². The number of hydrogen-bond donors (Lipinski definition) is 2. The molecule has 0 amide bonds. The van der Waals surface area contributed by atoms with E-state index in [1.54, 1.807) is 13.0 Å². The zero-order valence-corrected chi connectivity index (χ0v) is 38.6. The monoisotopic (exact) mass is 822 g/mol. The fraction of sp³-hybridized carbons (Fsp3) is 0.604. The lowest BCUT2D eigenvalue weighted by Crippen LogP contribution is -2.14. The molecule has 0 saturated heterocycles. The van der Waals surface area contributed by atoms with Crippen molar-refractivity contribution in [3.05, 3.63) is 70.8 Å². The van der Waals surface area contributed by atoms with Crippen molar-refractivity contribution in [1.82, 2.24) is 15.0 Å². The highest BCUT2D eigenvalue weighted by Crippen LogP contribution is 2.44. The van der Waals surface area contributed by atoms with E-state index in [9.17, 15) is 10.2 Å². The lowest BCUT2D eigenvalue weighted by molar-refractivity contribution is 0.117. The Morgan fingerprint density at radius 2 is 0.933 bits per heavy atom. The molecule has 2 atom stereocenters. The predicted molar refractivity (Wildman–Crippen MR) is 251 cm³/mol. The molecule has 1 heterocycles. The molecule has 0 aliphatic carbocycles. The molecule has 60 heavy (non-hydrogen) atoms. The summed E-state index contributed by atoms with van der Waals surface area (Å²) < 4.78 is 12.5. The van der Waals surface area contributed by atoms with Crippen molar-refractivity contribution in [1.29, 1.82) is 0 Å². The maximum atomic E-state index is 11.9. The number of phenolic OH excluding ortho intramolecular Hbond substituents is 1. The molecule has 1 aromatic heterocycles. The number of nitrogens with zero attached hydrogens (tertiary/aromatic N) is 3. The summed E-state index contributed by atoms with van der Waals surface area (Å²) in [5.74, 6) is 2.64. The van der Waals surface area contributed by atoms with Crippen LogP contribution in [0.5, 0.6) is 17.2 Å². The molecule has 0 fully saturated rings. The zero-order chi connectivity index (χ0) is 43.1. The Labute approximate surface area is 364 Å². The van der Waals surface area contributed by atoms with Crippen LogP contribution in [0.25, 0.3) is 34.2 Å². The van der Waals surface area contributed by atoms with Crippen LogP contribution in [0.2, 0.25) is 0 Å². The number of aromatic nitrogens is 3. The number of aliphatic hydroxyl groups excluding tert-OH is 1. The first-order valence-corrected chi connectivity index (χ1v) is 23.8. The van der Waals surface area contributed by atoms with Crippen LogP contribution in [0, 0.1) is 33.6 Å². The van der Waals surface area contributed by atoms with Crippen LogP contribution in [-0.2, 0) is 0 Å². The van der Waals surface area contributed by atoms with Crippen molar-refractivity contribution in [3.8, 4) is 51.4 Å². The fourth-order valence-electron chi connectivity index (χ4n) is 8.35. The Morgan fingerprint density at radius 1 is 0.517 bits per heavy atom. The molecule has 0 bridgehead atoms. The van der Waals surface area contributed by atoms with E-state index in [0.717, 1.165) is 46.2 Å². The highest BCUT2D eigenvalue weighted by molar-refractivity contribution is 5.75. The molecule has 4 rings (SSSR count). The number of phenols is 1. The number of benzene rings is 3. The number of aliphatic hydroxyl groups is 1. The van der Waals surface area contributed by atoms with Gasteiger partial charge in [-0.3, -0.25) is 0 Å². The van der Waals surface area contributed by atoms with Crippen LogP contribution in [0.3, 0.4) is 0 Å². The molecule has 0 saturated carbocycles. The average Bonchev–Trinajstić information content (AvgIpc) is 3.21. The van der Waals surface area contributed by atoms with Crippen molar-refractivity contribution in [3.63, 3.8) is 0 Å². The standard InChI is InChI=1S/C53H79N3O4/c1-8-10-12-14-16-17-18-20-22-24-27-44(26-23-21-19-15-13-11-9-2)28-25-35-59-48-34-33-47(49(58)50(48)60-38-43(7)57)53-55-51(45-31-29-39(3)36-41(45)5)54-52(56-53)46-32-30-40(4)37-42(46)6/h29-34,36-37,43-44,57-58H,8-28,35,38H2,1-7H3. The molecule has 330 valence electrons. The average molecular weight is 822 g/mol. The number of aromatic hydroxyl groups is 1. The molecule has 0 aliphatic heterocycles. The molecule has 4 aromatic rings. The highest BCUT2D eigenvalue weighted by Gasteiger charge is 2.22. The summed E-state index contributed by atoms with van der Waals surface area (Å²) in [4.78, 5) is 14.8. The van der Waals surface area contributed by atoms with E-state index in [1.165, 1.54) is 122 Å². The van der Waals surface area contributed by atoms with E-state index in [-0.39, 0.29) is 18.1 Å². The van der Waals surface area contributed by atoms with E-state index >= 15 is 0 Å². The summed E-state index contributed by atoms with van der Waals surface area (Å²) in [6, 6.07) is 16.1. The maximum absolute atomic E-state index is 11.9. The Hall–Kier alpha value is -3.97. The second-order valence-electron chi connectivity index (χ2n) is 17.6. The van der Waals surface area contributed by atoms with Gasteiger partial charge in [-0.25, -0.2) is 15.0 Å². The minimum Gasteiger partial charge on any atom is -0.504 e. The Kier molecular flexibility index (Phi) is 22.0. The normalized spacial score (nSPS) is 12.5.